The van der Waals surface area contributed by atoms with Gasteiger partial charge in [0.25, 0.3) is 5.91 Å². The molecule has 124 valence electrons. The van der Waals surface area contributed by atoms with Crippen molar-refractivity contribution in [1.82, 2.24) is 15.4 Å². The molecule has 1 aromatic heterocycles. The molecule has 6 heteroatoms. The summed E-state index contributed by atoms with van der Waals surface area (Å²) in [6, 6.07) is 1.75. The van der Waals surface area contributed by atoms with Crippen LogP contribution in [0, 0.1) is 5.41 Å². The van der Waals surface area contributed by atoms with E-state index in [2.05, 4.69) is 11.9 Å². The Morgan fingerprint density at radius 1 is 1.30 bits per heavy atom. The Kier molecular flexibility index (Phi) is 4.35. The van der Waals surface area contributed by atoms with Gasteiger partial charge in [0.05, 0.1) is 17.8 Å². The van der Waals surface area contributed by atoms with Crippen LogP contribution in [0.25, 0.3) is 0 Å². The Hall–Kier alpha value is -1.95. The average molecular weight is 317 g/mol. The maximum atomic E-state index is 12.9. The quantitative estimate of drug-likeness (QED) is 0.646. The molecule has 0 bridgehead atoms. The van der Waals surface area contributed by atoms with Gasteiger partial charge in [-0.1, -0.05) is 26.2 Å². The van der Waals surface area contributed by atoms with E-state index in [1.54, 1.807) is 11.5 Å². The van der Waals surface area contributed by atoms with E-state index in [1.807, 2.05) is 4.90 Å². The fraction of sp³-hybridized carbons (Fsp3) is 0.588. The van der Waals surface area contributed by atoms with Crippen molar-refractivity contribution in [3.63, 3.8) is 0 Å². The van der Waals surface area contributed by atoms with Gasteiger partial charge in [-0.05, 0) is 30.9 Å². The number of hydrogen-bond acceptors (Lipinski definition) is 4. The molecule has 6 nitrogen and oxygen atoms in total. The van der Waals surface area contributed by atoms with Crippen LogP contribution in [0.5, 0.6) is 0 Å². The van der Waals surface area contributed by atoms with Crippen LogP contribution < -0.4 is 5.48 Å². The summed E-state index contributed by atoms with van der Waals surface area (Å²) in [5, 5.41) is 8.70. The van der Waals surface area contributed by atoms with E-state index in [4.69, 9.17) is 5.21 Å². The molecule has 1 aliphatic carbocycles. The summed E-state index contributed by atoms with van der Waals surface area (Å²) in [6.07, 6.45) is 7.56. The molecule has 0 aromatic carbocycles. The van der Waals surface area contributed by atoms with E-state index in [9.17, 15) is 9.59 Å². The third-order valence-electron chi connectivity index (χ3n) is 5.18. The maximum Gasteiger partial charge on any atom is 0.276 e. The maximum absolute atomic E-state index is 12.9. The van der Waals surface area contributed by atoms with Crippen LogP contribution >= 0.6 is 0 Å². The van der Waals surface area contributed by atoms with Gasteiger partial charge in [-0.3, -0.25) is 19.8 Å². The van der Waals surface area contributed by atoms with Gasteiger partial charge in [-0.2, -0.15) is 0 Å². The SMILES string of the molecule is CC1(C(=O)N2CCc3cc(C(=O)NO)cnc3C2)CCCCC1. The lowest BCUT2D eigenvalue weighted by Crippen LogP contribution is -2.45. The first kappa shape index (κ1) is 15.9. The monoisotopic (exact) mass is 317 g/mol. The number of amides is 2. The van der Waals surface area contributed by atoms with Crippen molar-refractivity contribution in [1.29, 1.82) is 0 Å². The normalized spacial score (nSPS) is 19.8. The third kappa shape index (κ3) is 3.08. The highest BCUT2D eigenvalue weighted by Crippen LogP contribution is 2.38. The minimum Gasteiger partial charge on any atom is -0.336 e. The number of aromatic nitrogens is 1. The summed E-state index contributed by atoms with van der Waals surface area (Å²) >= 11 is 0. The van der Waals surface area contributed by atoms with Gasteiger partial charge in [0.1, 0.15) is 0 Å². The Morgan fingerprint density at radius 3 is 2.74 bits per heavy atom. The molecule has 1 fully saturated rings. The van der Waals surface area contributed by atoms with E-state index in [1.165, 1.54) is 12.6 Å². The number of nitrogens with zero attached hydrogens (tertiary/aromatic N) is 2. The van der Waals surface area contributed by atoms with Crippen LogP contribution in [0.4, 0.5) is 0 Å². The van der Waals surface area contributed by atoms with Gasteiger partial charge < -0.3 is 4.90 Å². The summed E-state index contributed by atoms with van der Waals surface area (Å²) in [4.78, 5) is 30.6. The number of carbonyl (C=O) groups is 2. The van der Waals surface area contributed by atoms with E-state index in [-0.39, 0.29) is 11.3 Å². The van der Waals surface area contributed by atoms with Crippen molar-refractivity contribution >= 4 is 11.8 Å². The molecule has 0 unspecified atom stereocenters. The summed E-state index contributed by atoms with van der Waals surface area (Å²) in [5.41, 5.74) is 3.55. The third-order valence-corrected chi connectivity index (χ3v) is 5.18. The first-order valence-corrected chi connectivity index (χ1v) is 8.25. The topological polar surface area (TPSA) is 82.5 Å². The highest BCUT2D eigenvalue weighted by molar-refractivity contribution is 5.93. The van der Waals surface area contributed by atoms with E-state index < -0.39 is 5.91 Å². The van der Waals surface area contributed by atoms with Crippen LogP contribution in [0.1, 0.15) is 60.6 Å². The minimum absolute atomic E-state index is 0.230. The van der Waals surface area contributed by atoms with Crippen LogP contribution in [0.3, 0.4) is 0 Å². The number of carbonyl (C=O) groups excluding carboxylic acids is 2. The standard InChI is InChI=1S/C17H23N3O3/c1-17(6-3-2-4-7-17)16(22)20-8-5-12-9-13(15(21)19-23)10-18-14(12)11-20/h9-10,23H,2-8,11H2,1H3,(H,19,21). The van der Waals surface area contributed by atoms with Gasteiger partial charge in [-0.25, -0.2) is 5.48 Å². The molecule has 3 rings (SSSR count). The van der Waals surface area contributed by atoms with E-state index >= 15 is 0 Å². The van der Waals surface area contributed by atoms with Gasteiger partial charge in [0.2, 0.25) is 5.91 Å². The number of fused-ring (bicyclic) bond motifs is 1. The fourth-order valence-electron chi connectivity index (χ4n) is 3.70. The molecule has 1 aliphatic heterocycles. The van der Waals surface area contributed by atoms with Crippen molar-refractivity contribution in [3.8, 4) is 0 Å². The summed E-state index contributed by atoms with van der Waals surface area (Å²) in [6.45, 7) is 3.25. The second kappa shape index (κ2) is 6.28. The molecule has 0 saturated heterocycles. The molecule has 2 N–H and O–H groups in total. The number of pyridine rings is 1. The van der Waals surface area contributed by atoms with Crippen molar-refractivity contribution < 1.29 is 14.8 Å². The molecule has 2 heterocycles. The second-order valence-electron chi connectivity index (χ2n) is 6.87. The number of hydrogen-bond donors (Lipinski definition) is 2. The zero-order valence-corrected chi connectivity index (χ0v) is 13.5. The number of hydroxylamine groups is 1. The lowest BCUT2D eigenvalue weighted by Gasteiger charge is -2.38. The van der Waals surface area contributed by atoms with Crippen molar-refractivity contribution in [2.45, 2.75) is 52.0 Å². The smallest absolute Gasteiger partial charge is 0.276 e. The molecule has 1 aromatic rings. The molecular formula is C17H23N3O3. The van der Waals surface area contributed by atoms with Crippen LogP contribution in [-0.2, 0) is 17.8 Å². The fourth-order valence-corrected chi connectivity index (χ4v) is 3.70. The lowest BCUT2D eigenvalue weighted by atomic mass is 9.74. The minimum atomic E-state index is -0.562. The zero-order chi connectivity index (χ0) is 16.4. The Balaban J connectivity index is 1.75. The molecular weight excluding hydrogens is 294 g/mol. The highest BCUT2D eigenvalue weighted by atomic mass is 16.5. The van der Waals surface area contributed by atoms with Gasteiger partial charge in [0, 0.05) is 18.2 Å². The van der Waals surface area contributed by atoms with Gasteiger partial charge in [-0.15, -0.1) is 0 Å². The number of rotatable bonds is 2. The predicted octanol–water partition coefficient (Wildman–Crippen LogP) is 2.06. The Bertz CT molecular complexity index is 624. The summed E-state index contributed by atoms with van der Waals surface area (Å²) in [5.74, 6) is -0.324. The summed E-state index contributed by atoms with van der Waals surface area (Å²) in [7, 11) is 0. The number of nitrogens with one attached hydrogen (secondary N) is 1. The first-order chi connectivity index (χ1) is 11.0. The molecule has 0 atom stereocenters. The lowest BCUT2D eigenvalue weighted by molar-refractivity contribution is -0.144. The second-order valence-corrected chi connectivity index (χ2v) is 6.87. The van der Waals surface area contributed by atoms with Gasteiger partial charge >= 0.3 is 0 Å². The van der Waals surface area contributed by atoms with Gasteiger partial charge in [0.15, 0.2) is 0 Å². The molecule has 2 amide bonds. The molecule has 23 heavy (non-hydrogen) atoms. The van der Waals surface area contributed by atoms with E-state index in [0.717, 1.165) is 36.9 Å². The average Bonchev–Trinajstić information content (AvgIpc) is 2.60. The van der Waals surface area contributed by atoms with Crippen LogP contribution in [0.2, 0.25) is 0 Å². The molecule has 0 radical (unpaired) electrons. The first-order valence-electron chi connectivity index (χ1n) is 8.25. The molecule has 2 aliphatic rings. The molecule has 0 spiro atoms. The largest absolute Gasteiger partial charge is 0.336 e. The van der Waals surface area contributed by atoms with Crippen LogP contribution in [-0.4, -0.2) is 33.5 Å². The Morgan fingerprint density at radius 2 is 2.04 bits per heavy atom. The Labute approximate surface area is 135 Å². The van der Waals surface area contributed by atoms with Crippen molar-refractivity contribution in [2.24, 2.45) is 5.41 Å². The van der Waals surface area contributed by atoms with E-state index in [0.29, 0.717) is 25.1 Å². The van der Waals surface area contributed by atoms with Crippen LogP contribution in [0.15, 0.2) is 12.3 Å². The molecule has 1 saturated carbocycles. The summed E-state index contributed by atoms with van der Waals surface area (Å²) < 4.78 is 0. The van der Waals surface area contributed by atoms with Crippen molar-refractivity contribution in [2.75, 3.05) is 6.54 Å². The zero-order valence-electron chi connectivity index (χ0n) is 13.5. The van der Waals surface area contributed by atoms with Crippen molar-refractivity contribution in [3.05, 3.63) is 29.1 Å². The predicted molar refractivity (Wildman–Crippen MR) is 83.8 cm³/mol. The highest BCUT2D eigenvalue weighted by Gasteiger charge is 2.38.